The molecule has 1 atom stereocenters. The molecule has 2 nitrogen and oxygen atoms in total. The maximum absolute atomic E-state index is 13.4. The molecule has 1 aromatic rings. The molecule has 6 heteroatoms. The highest BCUT2D eigenvalue weighted by Gasteiger charge is 2.30. The van der Waals surface area contributed by atoms with Gasteiger partial charge in [0.25, 0.3) is 5.91 Å². The van der Waals surface area contributed by atoms with Gasteiger partial charge in [-0.05, 0) is 30.9 Å². The zero-order valence-corrected chi connectivity index (χ0v) is 10.9. The van der Waals surface area contributed by atoms with Crippen molar-refractivity contribution in [1.29, 1.82) is 0 Å². The fourth-order valence-electron chi connectivity index (χ4n) is 1.61. The fraction of sp³-hybridized carbons (Fsp3) is 0.417. The molecule has 18 heavy (non-hydrogen) atoms. The SMILES string of the molecule is O=C(NCC(Cl)C1CC1)c1cc(F)c(Cl)cc1F. The predicted octanol–water partition coefficient (Wildman–Crippen LogP) is 3.37. The number of benzene rings is 1. The number of hydrogen-bond donors (Lipinski definition) is 1. The highest BCUT2D eigenvalue weighted by molar-refractivity contribution is 6.30. The van der Waals surface area contributed by atoms with E-state index in [9.17, 15) is 13.6 Å². The van der Waals surface area contributed by atoms with E-state index in [0.717, 1.165) is 25.0 Å². The number of hydrogen-bond acceptors (Lipinski definition) is 1. The molecule has 0 heterocycles. The first kappa shape index (κ1) is 13.6. The van der Waals surface area contributed by atoms with Crippen molar-refractivity contribution < 1.29 is 13.6 Å². The first-order valence-corrected chi connectivity index (χ1v) is 6.37. The van der Waals surface area contributed by atoms with Crippen LogP contribution in [-0.4, -0.2) is 17.8 Å². The number of carbonyl (C=O) groups is 1. The van der Waals surface area contributed by atoms with Gasteiger partial charge in [-0.15, -0.1) is 11.6 Å². The Morgan fingerprint density at radius 3 is 2.67 bits per heavy atom. The minimum Gasteiger partial charge on any atom is -0.350 e. The maximum Gasteiger partial charge on any atom is 0.254 e. The Kier molecular flexibility index (Phi) is 4.07. The zero-order chi connectivity index (χ0) is 13.3. The van der Waals surface area contributed by atoms with Crippen molar-refractivity contribution in [3.8, 4) is 0 Å². The van der Waals surface area contributed by atoms with E-state index in [1.165, 1.54) is 0 Å². The zero-order valence-electron chi connectivity index (χ0n) is 9.35. The lowest BCUT2D eigenvalue weighted by Gasteiger charge is -2.10. The molecular weight excluding hydrogens is 283 g/mol. The van der Waals surface area contributed by atoms with Gasteiger partial charge in [-0.25, -0.2) is 8.78 Å². The average Bonchev–Trinajstić information content (AvgIpc) is 3.14. The number of amides is 1. The molecular formula is C12H11Cl2F2NO. The highest BCUT2D eigenvalue weighted by Crippen LogP contribution is 2.35. The number of alkyl halides is 1. The van der Waals surface area contributed by atoms with Crippen molar-refractivity contribution >= 4 is 29.1 Å². The fourth-order valence-corrected chi connectivity index (χ4v) is 2.09. The molecule has 1 saturated carbocycles. The molecule has 1 fully saturated rings. The number of nitrogens with one attached hydrogen (secondary N) is 1. The van der Waals surface area contributed by atoms with Crippen molar-refractivity contribution in [2.75, 3.05) is 6.54 Å². The third kappa shape index (κ3) is 3.12. The monoisotopic (exact) mass is 293 g/mol. The Hall–Kier alpha value is -0.870. The summed E-state index contributed by atoms with van der Waals surface area (Å²) in [5.74, 6) is -1.95. The third-order valence-electron chi connectivity index (χ3n) is 2.85. The van der Waals surface area contributed by atoms with Crippen LogP contribution in [0.25, 0.3) is 0 Å². The van der Waals surface area contributed by atoms with Crippen LogP contribution in [0.15, 0.2) is 12.1 Å². The largest absolute Gasteiger partial charge is 0.350 e. The second-order valence-electron chi connectivity index (χ2n) is 4.31. The van der Waals surface area contributed by atoms with Crippen molar-refractivity contribution in [2.24, 2.45) is 5.92 Å². The molecule has 1 aliphatic rings. The topological polar surface area (TPSA) is 29.1 Å². The number of carbonyl (C=O) groups excluding carboxylic acids is 1. The summed E-state index contributed by atoms with van der Waals surface area (Å²) in [6.45, 7) is 0.245. The van der Waals surface area contributed by atoms with Crippen LogP contribution in [0, 0.1) is 17.6 Å². The van der Waals surface area contributed by atoms with Crippen molar-refractivity contribution in [2.45, 2.75) is 18.2 Å². The van der Waals surface area contributed by atoms with Crippen molar-refractivity contribution in [1.82, 2.24) is 5.32 Å². The third-order valence-corrected chi connectivity index (χ3v) is 3.65. The van der Waals surface area contributed by atoms with Crippen LogP contribution < -0.4 is 5.32 Å². The van der Waals surface area contributed by atoms with Gasteiger partial charge in [0.05, 0.1) is 16.0 Å². The summed E-state index contributed by atoms with van der Waals surface area (Å²) in [6.07, 6.45) is 2.10. The summed E-state index contributed by atoms with van der Waals surface area (Å²) in [6, 6.07) is 1.57. The molecule has 0 aromatic heterocycles. The van der Waals surface area contributed by atoms with Crippen LogP contribution >= 0.6 is 23.2 Å². The second-order valence-corrected chi connectivity index (χ2v) is 5.28. The van der Waals surface area contributed by atoms with Gasteiger partial charge in [0.1, 0.15) is 11.6 Å². The van der Waals surface area contributed by atoms with Gasteiger partial charge in [-0.2, -0.15) is 0 Å². The molecule has 0 bridgehead atoms. The summed E-state index contributed by atoms with van der Waals surface area (Å²) in [7, 11) is 0. The van der Waals surface area contributed by atoms with Crippen molar-refractivity contribution in [3.05, 3.63) is 34.4 Å². The Morgan fingerprint density at radius 2 is 2.06 bits per heavy atom. The van der Waals surface area contributed by atoms with E-state index in [1.807, 2.05) is 0 Å². The molecule has 0 saturated heterocycles. The van der Waals surface area contributed by atoms with E-state index in [2.05, 4.69) is 5.32 Å². The second kappa shape index (κ2) is 5.41. The van der Waals surface area contributed by atoms with E-state index in [4.69, 9.17) is 23.2 Å². The summed E-state index contributed by atoms with van der Waals surface area (Å²) < 4.78 is 26.6. The minimum atomic E-state index is -0.851. The standard InChI is InChI=1S/C12H11Cl2F2NO/c13-8-4-10(15)7(3-11(8)16)12(18)17-5-9(14)6-1-2-6/h3-4,6,9H,1-2,5H2,(H,17,18). The molecule has 1 N–H and O–H groups in total. The molecule has 0 radical (unpaired) electrons. The van der Waals surface area contributed by atoms with Crippen molar-refractivity contribution in [3.63, 3.8) is 0 Å². The van der Waals surface area contributed by atoms with Gasteiger partial charge in [0.15, 0.2) is 0 Å². The normalized spacial score (nSPS) is 16.4. The van der Waals surface area contributed by atoms with Gasteiger partial charge in [-0.3, -0.25) is 4.79 Å². The van der Waals surface area contributed by atoms with Crippen LogP contribution in [0.2, 0.25) is 5.02 Å². The van der Waals surface area contributed by atoms with Crippen LogP contribution in [0.5, 0.6) is 0 Å². The van der Waals surface area contributed by atoms with Crippen LogP contribution in [0.3, 0.4) is 0 Å². The molecule has 1 aliphatic carbocycles. The predicted molar refractivity (Wildman–Crippen MR) is 66.1 cm³/mol. The Labute approximate surface area is 113 Å². The van der Waals surface area contributed by atoms with Gasteiger partial charge in [0.2, 0.25) is 0 Å². The van der Waals surface area contributed by atoms with E-state index >= 15 is 0 Å². The van der Waals surface area contributed by atoms with E-state index in [1.54, 1.807) is 0 Å². The number of rotatable bonds is 4. The summed E-state index contributed by atoms with van der Waals surface area (Å²) in [5, 5.41) is 1.98. The Bertz CT molecular complexity index is 477. The van der Waals surface area contributed by atoms with E-state index in [-0.39, 0.29) is 22.5 Å². The molecule has 1 amide bonds. The van der Waals surface area contributed by atoms with Gasteiger partial charge in [-0.1, -0.05) is 11.6 Å². The summed E-state index contributed by atoms with van der Waals surface area (Å²) in [4.78, 5) is 11.7. The highest BCUT2D eigenvalue weighted by atomic mass is 35.5. The first-order valence-electron chi connectivity index (χ1n) is 5.56. The lowest BCUT2D eigenvalue weighted by atomic mass is 10.2. The van der Waals surface area contributed by atoms with Gasteiger partial charge in [0, 0.05) is 6.54 Å². The van der Waals surface area contributed by atoms with E-state index in [0.29, 0.717) is 5.92 Å². The lowest BCUT2D eigenvalue weighted by Crippen LogP contribution is -2.31. The molecule has 0 aliphatic heterocycles. The average molecular weight is 294 g/mol. The first-order chi connectivity index (χ1) is 8.49. The van der Waals surface area contributed by atoms with Gasteiger partial charge >= 0.3 is 0 Å². The molecule has 0 spiro atoms. The number of halogens is 4. The smallest absolute Gasteiger partial charge is 0.254 e. The summed E-state index contributed by atoms with van der Waals surface area (Å²) >= 11 is 11.4. The summed E-state index contributed by atoms with van der Waals surface area (Å²) in [5.41, 5.74) is -0.364. The minimum absolute atomic E-state index is 0.158. The molecule has 1 unspecified atom stereocenters. The van der Waals surface area contributed by atoms with Gasteiger partial charge < -0.3 is 5.32 Å². The van der Waals surface area contributed by atoms with Crippen LogP contribution in [0.1, 0.15) is 23.2 Å². The quantitative estimate of drug-likeness (QED) is 0.669. The van der Waals surface area contributed by atoms with E-state index < -0.39 is 17.5 Å². The lowest BCUT2D eigenvalue weighted by molar-refractivity contribution is 0.0948. The Morgan fingerprint density at radius 1 is 1.39 bits per heavy atom. The molecule has 1 aromatic carbocycles. The van der Waals surface area contributed by atoms with Crippen LogP contribution in [0.4, 0.5) is 8.78 Å². The Balaban J connectivity index is 2.01. The molecule has 98 valence electrons. The van der Waals surface area contributed by atoms with Crippen LogP contribution in [-0.2, 0) is 0 Å². The maximum atomic E-state index is 13.4. The molecule has 2 rings (SSSR count).